The Bertz CT molecular complexity index is 1370. The summed E-state index contributed by atoms with van der Waals surface area (Å²) < 4.78 is 15.2. The Morgan fingerprint density at radius 3 is 2.79 bits per heavy atom. The van der Waals surface area contributed by atoms with Crippen LogP contribution in [0.2, 0.25) is 0 Å². The molecule has 8 nitrogen and oxygen atoms in total. The van der Waals surface area contributed by atoms with Crippen molar-refractivity contribution < 1.29 is 14.0 Å². The van der Waals surface area contributed by atoms with Crippen LogP contribution in [0.15, 0.2) is 49.1 Å². The molecule has 0 spiro atoms. The number of H-pyrrole nitrogens is 1. The highest BCUT2D eigenvalue weighted by molar-refractivity contribution is 6.02. The molecule has 3 heterocycles. The second kappa shape index (κ2) is 8.23. The molecular weight excluding hydrogens is 423 g/mol. The third kappa shape index (κ3) is 3.59. The number of carbonyl (C=O) groups excluding carboxylic acids is 2. The molecule has 1 fully saturated rings. The van der Waals surface area contributed by atoms with E-state index in [1.54, 1.807) is 23.1 Å². The van der Waals surface area contributed by atoms with Gasteiger partial charge in [-0.3, -0.25) is 9.59 Å². The number of likely N-dealkylation sites (tertiary alicyclic amines) is 1. The molecule has 0 bridgehead atoms. The maximum absolute atomic E-state index is 15.2. The molecule has 1 saturated heterocycles. The summed E-state index contributed by atoms with van der Waals surface area (Å²) in [5.74, 6) is -1.16. The number of fused-ring (bicyclic) bond motifs is 2. The SMILES string of the molecule is CC1CCN(C(=O)c2ccc3ccccc3c2F)C(C)C1NC(=O)c1ncnc2nc[nH]c12. The smallest absolute Gasteiger partial charge is 0.272 e. The minimum atomic E-state index is -0.521. The molecule has 9 heteroatoms. The second-order valence-electron chi connectivity index (χ2n) is 8.48. The van der Waals surface area contributed by atoms with Crippen LogP contribution < -0.4 is 5.32 Å². The summed E-state index contributed by atoms with van der Waals surface area (Å²) in [6.07, 6.45) is 3.43. The number of aromatic nitrogens is 4. The van der Waals surface area contributed by atoms with Crippen molar-refractivity contribution in [2.45, 2.75) is 32.4 Å². The summed E-state index contributed by atoms with van der Waals surface area (Å²) in [5.41, 5.74) is 1.09. The van der Waals surface area contributed by atoms with Gasteiger partial charge in [-0.1, -0.05) is 37.3 Å². The van der Waals surface area contributed by atoms with Gasteiger partial charge in [0.25, 0.3) is 11.8 Å². The highest BCUT2D eigenvalue weighted by atomic mass is 19.1. The van der Waals surface area contributed by atoms with E-state index in [4.69, 9.17) is 0 Å². The lowest BCUT2D eigenvalue weighted by molar-refractivity contribution is 0.0468. The number of nitrogens with one attached hydrogen (secondary N) is 2. The Morgan fingerprint density at radius 2 is 1.94 bits per heavy atom. The predicted molar refractivity (Wildman–Crippen MR) is 121 cm³/mol. The molecule has 1 aliphatic rings. The molecule has 3 unspecified atom stereocenters. The van der Waals surface area contributed by atoms with Crippen LogP contribution in [0.25, 0.3) is 21.9 Å². The summed E-state index contributed by atoms with van der Waals surface area (Å²) in [5, 5.41) is 4.19. The van der Waals surface area contributed by atoms with Crippen molar-refractivity contribution in [3.05, 3.63) is 66.1 Å². The molecule has 2 aromatic carbocycles. The first kappa shape index (κ1) is 21.0. The van der Waals surface area contributed by atoms with Gasteiger partial charge in [0, 0.05) is 18.0 Å². The predicted octanol–water partition coefficient (Wildman–Crippen LogP) is 3.31. The second-order valence-corrected chi connectivity index (χ2v) is 8.48. The fourth-order valence-electron chi connectivity index (χ4n) is 4.66. The fraction of sp³-hybridized carbons (Fsp3) is 0.292. The van der Waals surface area contributed by atoms with E-state index in [0.29, 0.717) is 29.5 Å². The molecular formula is C24H23FN6O2. The number of rotatable bonds is 3. The molecule has 2 N–H and O–H groups in total. The molecule has 5 rings (SSSR count). The largest absolute Gasteiger partial charge is 0.346 e. The third-order valence-corrected chi connectivity index (χ3v) is 6.54. The standard InChI is InChI=1S/C24H23FN6O2/c1-13-9-10-31(24(33)17-8-7-15-5-3-4-6-16(15)18(17)25)14(2)19(13)30-23(32)21-20-22(28-11-26-20)29-12-27-21/h3-8,11-14,19H,9-10H2,1-2H3,(H,30,32)(H,26,27,28,29). The number of nitrogens with zero attached hydrogens (tertiary/aromatic N) is 4. The normalized spacial score (nSPS) is 20.8. The topological polar surface area (TPSA) is 104 Å². The Labute approximate surface area is 189 Å². The first-order chi connectivity index (χ1) is 16.0. The van der Waals surface area contributed by atoms with Crippen LogP contribution in [0.1, 0.15) is 41.1 Å². The lowest BCUT2D eigenvalue weighted by Gasteiger charge is -2.43. The lowest BCUT2D eigenvalue weighted by atomic mass is 9.86. The fourth-order valence-corrected chi connectivity index (χ4v) is 4.66. The van der Waals surface area contributed by atoms with E-state index in [1.165, 1.54) is 18.7 Å². The Kier molecular flexibility index (Phi) is 5.24. The van der Waals surface area contributed by atoms with Gasteiger partial charge in [-0.15, -0.1) is 0 Å². The molecule has 0 aliphatic carbocycles. The Hall–Kier alpha value is -3.88. The monoisotopic (exact) mass is 446 g/mol. The van der Waals surface area contributed by atoms with E-state index in [-0.39, 0.29) is 41.1 Å². The van der Waals surface area contributed by atoms with Gasteiger partial charge in [0.2, 0.25) is 0 Å². The van der Waals surface area contributed by atoms with E-state index in [1.807, 2.05) is 26.0 Å². The zero-order chi connectivity index (χ0) is 23.1. The quantitative estimate of drug-likeness (QED) is 0.503. The molecule has 0 saturated carbocycles. The van der Waals surface area contributed by atoms with Crippen molar-refractivity contribution in [3.63, 3.8) is 0 Å². The summed E-state index contributed by atoms with van der Waals surface area (Å²) in [7, 11) is 0. The molecule has 0 radical (unpaired) electrons. The number of halogens is 1. The van der Waals surface area contributed by atoms with Crippen molar-refractivity contribution in [1.82, 2.24) is 30.2 Å². The van der Waals surface area contributed by atoms with Crippen LogP contribution in [0, 0.1) is 11.7 Å². The van der Waals surface area contributed by atoms with Gasteiger partial charge in [0.15, 0.2) is 11.3 Å². The van der Waals surface area contributed by atoms with Crippen LogP contribution in [0.4, 0.5) is 4.39 Å². The number of aromatic amines is 1. The van der Waals surface area contributed by atoms with E-state index in [9.17, 15) is 9.59 Å². The highest BCUT2D eigenvalue weighted by Crippen LogP contribution is 2.28. The molecule has 33 heavy (non-hydrogen) atoms. The summed E-state index contributed by atoms with van der Waals surface area (Å²) in [6.45, 7) is 4.40. The number of imidazole rings is 1. The molecule has 3 atom stereocenters. The van der Waals surface area contributed by atoms with Crippen molar-refractivity contribution >= 4 is 33.8 Å². The number of carbonyl (C=O) groups is 2. The van der Waals surface area contributed by atoms with E-state index in [2.05, 4.69) is 25.3 Å². The van der Waals surface area contributed by atoms with Gasteiger partial charge in [-0.05, 0) is 30.7 Å². The van der Waals surface area contributed by atoms with Crippen LogP contribution in [0.5, 0.6) is 0 Å². The first-order valence-electron chi connectivity index (χ1n) is 10.9. The van der Waals surface area contributed by atoms with Crippen molar-refractivity contribution in [2.75, 3.05) is 6.54 Å². The zero-order valence-corrected chi connectivity index (χ0v) is 18.2. The maximum Gasteiger partial charge on any atom is 0.272 e. The van der Waals surface area contributed by atoms with E-state index >= 15 is 4.39 Å². The molecule has 2 aromatic heterocycles. The van der Waals surface area contributed by atoms with Gasteiger partial charge < -0.3 is 15.2 Å². The zero-order valence-electron chi connectivity index (χ0n) is 18.2. The van der Waals surface area contributed by atoms with Gasteiger partial charge >= 0.3 is 0 Å². The van der Waals surface area contributed by atoms with E-state index < -0.39 is 5.82 Å². The molecule has 1 aliphatic heterocycles. The van der Waals surface area contributed by atoms with E-state index in [0.717, 1.165) is 5.39 Å². The van der Waals surface area contributed by atoms with Crippen molar-refractivity contribution in [3.8, 4) is 0 Å². The number of benzene rings is 2. The number of piperidine rings is 1. The van der Waals surface area contributed by atoms with Gasteiger partial charge in [0.1, 0.15) is 17.7 Å². The molecule has 2 amide bonds. The minimum Gasteiger partial charge on any atom is -0.346 e. The van der Waals surface area contributed by atoms with Gasteiger partial charge in [-0.2, -0.15) is 0 Å². The molecule has 4 aromatic rings. The lowest BCUT2D eigenvalue weighted by Crippen LogP contribution is -2.59. The number of amides is 2. The molecule has 168 valence electrons. The Morgan fingerprint density at radius 1 is 1.12 bits per heavy atom. The summed E-state index contributed by atoms with van der Waals surface area (Å²) in [6, 6.07) is 9.69. The number of hydrogen-bond donors (Lipinski definition) is 2. The first-order valence-corrected chi connectivity index (χ1v) is 10.9. The third-order valence-electron chi connectivity index (χ3n) is 6.54. The number of hydrogen-bond acceptors (Lipinski definition) is 5. The van der Waals surface area contributed by atoms with Gasteiger partial charge in [-0.25, -0.2) is 19.3 Å². The summed E-state index contributed by atoms with van der Waals surface area (Å²) in [4.78, 5) is 43.2. The van der Waals surface area contributed by atoms with Gasteiger partial charge in [0.05, 0.1) is 17.9 Å². The average Bonchev–Trinajstić information content (AvgIpc) is 3.31. The van der Waals surface area contributed by atoms with Crippen LogP contribution in [-0.4, -0.2) is 55.3 Å². The van der Waals surface area contributed by atoms with Crippen molar-refractivity contribution in [2.24, 2.45) is 5.92 Å². The maximum atomic E-state index is 15.2. The van der Waals surface area contributed by atoms with Crippen molar-refractivity contribution in [1.29, 1.82) is 0 Å². The average molecular weight is 446 g/mol. The minimum absolute atomic E-state index is 0.0372. The Balaban J connectivity index is 1.41. The highest BCUT2D eigenvalue weighted by Gasteiger charge is 2.38. The van der Waals surface area contributed by atoms with Crippen LogP contribution >= 0.6 is 0 Å². The van der Waals surface area contributed by atoms with Crippen LogP contribution in [-0.2, 0) is 0 Å². The van der Waals surface area contributed by atoms with Crippen LogP contribution in [0.3, 0.4) is 0 Å². The summed E-state index contributed by atoms with van der Waals surface area (Å²) >= 11 is 0.